The number of hydrogen-bond acceptors (Lipinski definition) is 3. The number of amides is 1. The highest BCUT2D eigenvalue weighted by Gasteiger charge is 2.11. The summed E-state index contributed by atoms with van der Waals surface area (Å²) in [6, 6.07) is 6.11. The van der Waals surface area contributed by atoms with Crippen LogP contribution in [-0.2, 0) is 6.54 Å². The lowest BCUT2D eigenvalue weighted by Crippen LogP contribution is -2.24. The van der Waals surface area contributed by atoms with Gasteiger partial charge in [-0.2, -0.15) is 0 Å². The average molecular weight is 245 g/mol. The second-order valence-electron chi connectivity index (χ2n) is 3.87. The fourth-order valence-electron chi connectivity index (χ4n) is 1.50. The van der Waals surface area contributed by atoms with Crippen molar-refractivity contribution in [1.82, 2.24) is 15.3 Å². The van der Waals surface area contributed by atoms with Crippen molar-refractivity contribution in [2.24, 2.45) is 0 Å². The Morgan fingerprint density at radius 3 is 2.94 bits per heavy atom. The van der Waals surface area contributed by atoms with Crippen LogP contribution >= 0.6 is 0 Å². The molecule has 0 fully saturated rings. The van der Waals surface area contributed by atoms with E-state index >= 15 is 0 Å². The zero-order chi connectivity index (χ0) is 13.0. The van der Waals surface area contributed by atoms with Gasteiger partial charge in [-0.05, 0) is 25.1 Å². The Balaban J connectivity index is 2.06. The molecule has 0 saturated carbocycles. The minimum absolute atomic E-state index is 0.0454. The normalized spacial score (nSPS) is 10.1. The maximum Gasteiger partial charge on any atom is 0.254 e. The summed E-state index contributed by atoms with van der Waals surface area (Å²) in [5, 5.41) is 2.61. The van der Waals surface area contributed by atoms with Gasteiger partial charge in [-0.3, -0.25) is 4.79 Å². The first-order valence-electron chi connectivity index (χ1n) is 5.46. The van der Waals surface area contributed by atoms with E-state index in [-0.39, 0.29) is 12.1 Å². The summed E-state index contributed by atoms with van der Waals surface area (Å²) >= 11 is 0. The monoisotopic (exact) mass is 245 g/mol. The molecule has 5 heteroatoms. The number of hydrogen-bond donors (Lipinski definition) is 1. The van der Waals surface area contributed by atoms with Crippen LogP contribution in [-0.4, -0.2) is 15.9 Å². The van der Waals surface area contributed by atoms with Gasteiger partial charge < -0.3 is 5.32 Å². The second kappa shape index (κ2) is 5.35. The molecular formula is C13H12FN3O. The van der Waals surface area contributed by atoms with Crippen molar-refractivity contribution >= 4 is 5.91 Å². The molecule has 0 unspecified atom stereocenters. The summed E-state index contributed by atoms with van der Waals surface area (Å²) in [7, 11) is 0. The quantitative estimate of drug-likeness (QED) is 0.897. The van der Waals surface area contributed by atoms with Crippen LogP contribution in [0.5, 0.6) is 0 Å². The van der Waals surface area contributed by atoms with Gasteiger partial charge in [-0.15, -0.1) is 0 Å². The summed E-state index contributed by atoms with van der Waals surface area (Å²) in [6.07, 6.45) is 2.98. The van der Waals surface area contributed by atoms with Crippen LogP contribution in [0.3, 0.4) is 0 Å². The lowest BCUT2D eigenvalue weighted by molar-refractivity contribution is 0.0946. The first-order valence-corrected chi connectivity index (χ1v) is 5.46. The van der Waals surface area contributed by atoms with Gasteiger partial charge in [0.05, 0.1) is 17.8 Å². The summed E-state index contributed by atoms with van der Waals surface area (Å²) < 4.78 is 13.5. The number of nitrogens with zero attached hydrogens (tertiary/aromatic N) is 2. The third-order valence-corrected chi connectivity index (χ3v) is 2.44. The highest BCUT2D eigenvalue weighted by Crippen LogP contribution is 2.09. The zero-order valence-corrected chi connectivity index (χ0v) is 9.85. The van der Waals surface area contributed by atoms with Gasteiger partial charge in [0.2, 0.25) is 0 Å². The predicted molar refractivity (Wildman–Crippen MR) is 64.3 cm³/mol. The number of rotatable bonds is 3. The Labute approximate surface area is 104 Å². The van der Waals surface area contributed by atoms with Crippen LogP contribution in [0.2, 0.25) is 0 Å². The van der Waals surface area contributed by atoms with Crippen LogP contribution in [0.1, 0.15) is 21.6 Å². The molecular weight excluding hydrogens is 233 g/mol. The molecule has 4 nitrogen and oxygen atoms in total. The lowest BCUT2D eigenvalue weighted by atomic mass is 10.1. The highest BCUT2D eigenvalue weighted by molar-refractivity contribution is 5.94. The molecule has 0 bridgehead atoms. The van der Waals surface area contributed by atoms with Crippen LogP contribution < -0.4 is 5.32 Å². The molecule has 0 aliphatic carbocycles. The van der Waals surface area contributed by atoms with E-state index in [4.69, 9.17) is 0 Å². The third-order valence-electron chi connectivity index (χ3n) is 2.44. The summed E-state index contributed by atoms with van der Waals surface area (Å²) in [5.74, 6) is -0.976. The van der Waals surface area contributed by atoms with E-state index in [1.807, 2.05) is 0 Å². The fraction of sp³-hybridized carbons (Fsp3) is 0.154. The standard InChI is InChI=1S/C13H12FN3O/c1-9-2-3-12(14)11(6-9)13(18)16-7-10-4-5-15-8-17-10/h2-6,8H,7H2,1H3,(H,16,18). The van der Waals surface area contributed by atoms with Gasteiger partial charge in [-0.25, -0.2) is 14.4 Å². The molecule has 1 N–H and O–H groups in total. The molecule has 0 aliphatic heterocycles. The van der Waals surface area contributed by atoms with Crippen molar-refractivity contribution in [3.05, 3.63) is 59.4 Å². The second-order valence-corrected chi connectivity index (χ2v) is 3.87. The number of carbonyl (C=O) groups is 1. The predicted octanol–water partition coefficient (Wildman–Crippen LogP) is 1.85. The molecule has 1 amide bonds. The Morgan fingerprint density at radius 2 is 2.22 bits per heavy atom. The maximum atomic E-state index is 13.5. The van der Waals surface area contributed by atoms with Crippen LogP contribution in [0, 0.1) is 12.7 Å². The highest BCUT2D eigenvalue weighted by atomic mass is 19.1. The average Bonchev–Trinajstić information content (AvgIpc) is 2.40. The van der Waals surface area contributed by atoms with Crippen LogP contribution in [0.15, 0.2) is 36.8 Å². The largest absolute Gasteiger partial charge is 0.346 e. The zero-order valence-electron chi connectivity index (χ0n) is 9.85. The topological polar surface area (TPSA) is 54.9 Å². The molecule has 18 heavy (non-hydrogen) atoms. The number of benzene rings is 1. The van der Waals surface area contributed by atoms with Crippen molar-refractivity contribution < 1.29 is 9.18 Å². The SMILES string of the molecule is Cc1ccc(F)c(C(=O)NCc2ccncn2)c1. The minimum Gasteiger partial charge on any atom is -0.346 e. The Kier molecular flexibility index (Phi) is 3.62. The Morgan fingerprint density at radius 1 is 1.39 bits per heavy atom. The summed E-state index contributed by atoms with van der Waals surface area (Å²) in [5.41, 5.74) is 1.55. The molecule has 2 rings (SSSR count). The van der Waals surface area contributed by atoms with Gasteiger partial charge >= 0.3 is 0 Å². The number of carbonyl (C=O) groups excluding carboxylic acids is 1. The van der Waals surface area contributed by atoms with Crippen molar-refractivity contribution in [3.63, 3.8) is 0 Å². The van der Waals surface area contributed by atoms with Crippen LogP contribution in [0.25, 0.3) is 0 Å². The third kappa shape index (κ3) is 2.88. The number of halogens is 1. The first kappa shape index (κ1) is 12.2. The minimum atomic E-state index is -0.527. The van der Waals surface area contributed by atoms with Gasteiger partial charge in [0.25, 0.3) is 5.91 Å². The molecule has 0 aliphatic rings. The first-order chi connectivity index (χ1) is 8.66. The smallest absolute Gasteiger partial charge is 0.254 e. The van der Waals surface area contributed by atoms with Crippen molar-refractivity contribution in [3.8, 4) is 0 Å². The number of aromatic nitrogens is 2. The van der Waals surface area contributed by atoms with Gasteiger partial charge in [0.15, 0.2) is 0 Å². The van der Waals surface area contributed by atoms with E-state index in [2.05, 4.69) is 15.3 Å². The molecule has 0 atom stereocenters. The Bertz CT molecular complexity index is 557. The van der Waals surface area contributed by atoms with E-state index in [0.717, 1.165) is 5.56 Å². The molecule has 2 aromatic rings. The molecule has 1 aromatic carbocycles. The van der Waals surface area contributed by atoms with E-state index in [0.29, 0.717) is 5.69 Å². The Hall–Kier alpha value is -2.30. The number of nitrogens with one attached hydrogen (secondary N) is 1. The molecule has 0 saturated heterocycles. The van der Waals surface area contributed by atoms with E-state index < -0.39 is 11.7 Å². The van der Waals surface area contributed by atoms with E-state index in [9.17, 15) is 9.18 Å². The summed E-state index contributed by atoms with van der Waals surface area (Å²) in [6.45, 7) is 2.05. The fourth-order valence-corrected chi connectivity index (χ4v) is 1.50. The lowest BCUT2D eigenvalue weighted by Gasteiger charge is -2.06. The van der Waals surface area contributed by atoms with Crippen molar-refractivity contribution in [2.45, 2.75) is 13.5 Å². The van der Waals surface area contributed by atoms with Gasteiger partial charge in [-0.1, -0.05) is 11.6 Å². The van der Waals surface area contributed by atoms with Crippen molar-refractivity contribution in [2.75, 3.05) is 0 Å². The van der Waals surface area contributed by atoms with E-state index in [1.165, 1.54) is 18.5 Å². The maximum absolute atomic E-state index is 13.5. The summed E-state index contributed by atoms with van der Waals surface area (Å²) in [4.78, 5) is 19.5. The molecule has 1 heterocycles. The van der Waals surface area contributed by atoms with E-state index in [1.54, 1.807) is 25.3 Å². The van der Waals surface area contributed by atoms with Crippen molar-refractivity contribution in [1.29, 1.82) is 0 Å². The van der Waals surface area contributed by atoms with Gasteiger partial charge in [0.1, 0.15) is 12.1 Å². The molecule has 0 radical (unpaired) electrons. The molecule has 0 spiro atoms. The molecule has 92 valence electrons. The molecule has 1 aromatic heterocycles. The number of aryl methyl sites for hydroxylation is 1. The van der Waals surface area contributed by atoms with Crippen LogP contribution in [0.4, 0.5) is 4.39 Å². The van der Waals surface area contributed by atoms with Gasteiger partial charge in [0, 0.05) is 6.20 Å².